The molecule has 13 nitrogen and oxygen atoms in total. The Morgan fingerprint density at radius 1 is 0.800 bits per heavy atom. The number of benzene rings is 3. The Morgan fingerprint density at radius 2 is 1.27 bits per heavy atom. The molecule has 234 valence electrons. The van der Waals surface area contributed by atoms with Crippen molar-refractivity contribution in [2.24, 2.45) is 0 Å². The molecule has 1 aliphatic heterocycles. The van der Waals surface area contributed by atoms with E-state index in [-0.39, 0.29) is 20.4 Å². The highest BCUT2D eigenvalue weighted by Crippen LogP contribution is 2.52. The van der Waals surface area contributed by atoms with Gasteiger partial charge in [-0.3, -0.25) is 4.57 Å². The van der Waals surface area contributed by atoms with Gasteiger partial charge in [-0.2, -0.15) is 0 Å². The Hall–Kier alpha value is -3.46. The van der Waals surface area contributed by atoms with E-state index in [1.54, 1.807) is 52.9 Å². The fourth-order valence-corrected chi connectivity index (χ4v) is 5.54. The topological polar surface area (TPSA) is 187 Å². The Kier molecular flexibility index (Phi) is 9.59. The minimum absolute atomic E-state index is 0.117. The molecule has 2 heterocycles. The molecule has 0 amide bonds. The first-order valence-electron chi connectivity index (χ1n) is 13.1. The van der Waals surface area contributed by atoms with E-state index in [2.05, 4.69) is 4.98 Å². The summed E-state index contributed by atoms with van der Waals surface area (Å²) < 4.78 is 22.9. The van der Waals surface area contributed by atoms with E-state index in [0.717, 1.165) is 10.9 Å². The van der Waals surface area contributed by atoms with Crippen LogP contribution in [0.2, 0.25) is 0 Å². The minimum atomic E-state index is -3.68. The second kappa shape index (κ2) is 13.1. The standard InChI is InChI=1S/C30H24I2N2O11/c31-23-24(32)34(17-33-23)30(41)29(40,45-27(38)20-14-8-3-9-15-20)28(39,44-26(37)19-12-6-2-7-13-19)22(43-30)21(35)16-42-25(36)18-10-4-1-5-11-18/h1-15,17,21-22,35,39-41H,16H2/t21?,22-,28+,29+,30+/m1/s1. The number of aliphatic hydroxyl groups is 4. The lowest BCUT2D eigenvalue weighted by Gasteiger charge is -2.41. The first-order valence-corrected chi connectivity index (χ1v) is 15.3. The third kappa shape index (κ3) is 6.08. The number of esters is 3. The Morgan fingerprint density at radius 3 is 1.73 bits per heavy atom. The molecule has 4 N–H and O–H groups in total. The molecule has 0 spiro atoms. The first kappa shape index (κ1) is 32.9. The van der Waals surface area contributed by atoms with Crippen molar-refractivity contribution in [2.75, 3.05) is 6.61 Å². The highest BCUT2D eigenvalue weighted by Gasteiger charge is 2.82. The smallest absolute Gasteiger partial charge is 0.357 e. The molecule has 5 atom stereocenters. The molecule has 0 bridgehead atoms. The number of aliphatic hydroxyl groups excluding tert-OH is 1. The van der Waals surface area contributed by atoms with Gasteiger partial charge in [0.05, 0.1) is 16.7 Å². The predicted octanol–water partition coefficient (Wildman–Crippen LogP) is 2.40. The van der Waals surface area contributed by atoms with Gasteiger partial charge >= 0.3 is 35.4 Å². The third-order valence-electron chi connectivity index (χ3n) is 6.85. The number of nitrogens with zero attached hydrogens (tertiary/aromatic N) is 2. The van der Waals surface area contributed by atoms with Gasteiger partial charge in [-0.05, 0) is 81.6 Å². The van der Waals surface area contributed by atoms with Gasteiger partial charge in [0.2, 0.25) is 0 Å². The second-order valence-electron chi connectivity index (χ2n) is 9.73. The van der Waals surface area contributed by atoms with E-state index >= 15 is 0 Å². The number of hydrogen-bond donors (Lipinski definition) is 4. The number of rotatable bonds is 9. The summed E-state index contributed by atoms with van der Waals surface area (Å²) in [6.07, 6.45) is -3.39. The summed E-state index contributed by atoms with van der Waals surface area (Å²) in [6, 6.07) is 22.3. The molecule has 45 heavy (non-hydrogen) atoms. The van der Waals surface area contributed by atoms with Crippen molar-refractivity contribution in [1.29, 1.82) is 0 Å². The van der Waals surface area contributed by atoms with Crippen molar-refractivity contribution in [3.63, 3.8) is 0 Å². The van der Waals surface area contributed by atoms with Crippen LogP contribution in [0.4, 0.5) is 0 Å². The minimum Gasteiger partial charge on any atom is -0.459 e. The molecule has 4 aromatic rings. The zero-order valence-corrected chi connectivity index (χ0v) is 27.2. The molecular formula is C30H24I2N2O11. The maximum atomic E-state index is 13.3. The quantitative estimate of drug-likeness (QED) is 0.0837. The van der Waals surface area contributed by atoms with Crippen molar-refractivity contribution in [1.82, 2.24) is 9.55 Å². The number of carbonyl (C=O) groups is 3. The Bertz CT molecular complexity index is 1690. The number of ether oxygens (including phenoxy) is 4. The zero-order valence-electron chi connectivity index (χ0n) is 22.9. The molecule has 1 fully saturated rings. The van der Waals surface area contributed by atoms with Crippen molar-refractivity contribution in [3.05, 3.63) is 121 Å². The molecule has 0 radical (unpaired) electrons. The third-order valence-corrected chi connectivity index (χ3v) is 9.70. The van der Waals surface area contributed by atoms with Crippen molar-refractivity contribution in [3.8, 4) is 0 Å². The molecule has 1 saturated heterocycles. The van der Waals surface area contributed by atoms with E-state index in [9.17, 15) is 34.8 Å². The lowest BCUT2D eigenvalue weighted by Crippen LogP contribution is -2.69. The van der Waals surface area contributed by atoms with Crippen LogP contribution in [0.5, 0.6) is 0 Å². The summed E-state index contributed by atoms with van der Waals surface area (Å²) >= 11 is 3.56. The van der Waals surface area contributed by atoms with E-state index in [0.29, 0.717) is 3.70 Å². The lowest BCUT2D eigenvalue weighted by molar-refractivity contribution is -0.419. The van der Waals surface area contributed by atoms with Gasteiger partial charge in [-0.1, -0.05) is 54.6 Å². The van der Waals surface area contributed by atoms with Gasteiger partial charge in [0, 0.05) is 0 Å². The molecule has 5 rings (SSSR count). The lowest BCUT2D eigenvalue weighted by atomic mass is 9.95. The van der Waals surface area contributed by atoms with Gasteiger partial charge in [-0.15, -0.1) is 0 Å². The highest BCUT2D eigenvalue weighted by atomic mass is 127. The number of halogens is 2. The molecule has 3 aromatic carbocycles. The number of carbonyl (C=O) groups excluding carboxylic acids is 3. The summed E-state index contributed by atoms with van der Waals surface area (Å²) in [4.78, 5) is 43.3. The van der Waals surface area contributed by atoms with Crippen LogP contribution in [0.25, 0.3) is 0 Å². The Balaban J connectivity index is 1.60. The summed E-state index contributed by atoms with van der Waals surface area (Å²) in [5.41, 5.74) is -0.107. The largest absolute Gasteiger partial charge is 0.459 e. The maximum Gasteiger partial charge on any atom is 0.357 e. The molecule has 1 aliphatic rings. The first-order chi connectivity index (χ1) is 21.4. The molecule has 0 saturated carbocycles. The highest BCUT2D eigenvalue weighted by molar-refractivity contribution is 14.1. The Labute approximate surface area is 282 Å². The van der Waals surface area contributed by atoms with Crippen molar-refractivity contribution < 1.29 is 53.8 Å². The van der Waals surface area contributed by atoms with Crippen LogP contribution < -0.4 is 0 Å². The normalized spacial score (nSPS) is 24.9. The van der Waals surface area contributed by atoms with Crippen LogP contribution in [0.1, 0.15) is 31.1 Å². The number of imidazole rings is 1. The fraction of sp³-hybridized carbons (Fsp3) is 0.200. The average molecular weight is 842 g/mol. The van der Waals surface area contributed by atoms with Gasteiger partial charge in [0.15, 0.2) is 6.10 Å². The fourth-order valence-electron chi connectivity index (χ4n) is 4.56. The molecule has 1 aromatic heterocycles. The summed E-state index contributed by atoms with van der Waals surface area (Å²) in [6.45, 7) is -0.888. The average Bonchev–Trinajstić information content (AvgIpc) is 3.48. The summed E-state index contributed by atoms with van der Waals surface area (Å²) in [5, 5.41) is 47.7. The van der Waals surface area contributed by atoms with E-state index < -0.39 is 54.2 Å². The van der Waals surface area contributed by atoms with Crippen molar-refractivity contribution in [2.45, 2.75) is 29.7 Å². The van der Waals surface area contributed by atoms with Crippen LogP contribution in [0.3, 0.4) is 0 Å². The molecule has 0 aliphatic carbocycles. The van der Waals surface area contributed by atoms with E-state index in [4.69, 9.17) is 18.9 Å². The summed E-state index contributed by atoms with van der Waals surface area (Å²) in [7, 11) is 0. The maximum absolute atomic E-state index is 13.3. The van der Waals surface area contributed by atoms with Crippen molar-refractivity contribution >= 4 is 63.1 Å². The van der Waals surface area contributed by atoms with Gasteiger partial charge in [-0.25, -0.2) is 19.4 Å². The predicted molar refractivity (Wildman–Crippen MR) is 169 cm³/mol. The van der Waals surface area contributed by atoms with Gasteiger partial charge in [0.1, 0.15) is 26.4 Å². The van der Waals surface area contributed by atoms with E-state index in [1.807, 2.05) is 22.6 Å². The monoisotopic (exact) mass is 842 g/mol. The van der Waals surface area contributed by atoms with Crippen LogP contribution in [-0.4, -0.2) is 78.3 Å². The van der Waals surface area contributed by atoms with Crippen LogP contribution >= 0.6 is 45.2 Å². The van der Waals surface area contributed by atoms with Crippen LogP contribution in [0, 0.1) is 7.40 Å². The zero-order chi connectivity index (χ0) is 32.4. The van der Waals surface area contributed by atoms with Gasteiger partial charge in [0.25, 0.3) is 0 Å². The number of aromatic nitrogens is 2. The van der Waals surface area contributed by atoms with E-state index in [1.165, 1.54) is 60.7 Å². The van der Waals surface area contributed by atoms with Crippen LogP contribution in [0.15, 0.2) is 97.3 Å². The van der Waals surface area contributed by atoms with Crippen LogP contribution in [-0.2, 0) is 24.9 Å². The molecular weight excluding hydrogens is 818 g/mol. The second-order valence-corrected chi connectivity index (χ2v) is 11.8. The molecule has 1 unspecified atom stereocenters. The van der Waals surface area contributed by atoms with Gasteiger partial charge < -0.3 is 39.4 Å². The SMILES string of the molecule is O=C(OCC(O)[C@H]1O[C@](O)(n2cnc(I)c2I)[C@@](O)(OC(=O)c2ccccc2)[C@@]1(O)OC(=O)c1ccccc1)c1ccccc1. The summed E-state index contributed by atoms with van der Waals surface area (Å²) in [5.74, 6) is -13.9. The molecule has 15 heteroatoms. The number of hydrogen-bond acceptors (Lipinski definition) is 12.